The molecule has 1 aliphatic rings. The smallest absolute Gasteiger partial charge is 0.194 e. The van der Waals surface area contributed by atoms with Crippen LogP contribution in [0.4, 0.5) is 0 Å². The number of aromatic nitrogens is 5. The first-order valence-corrected chi connectivity index (χ1v) is 10.2. The van der Waals surface area contributed by atoms with Gasteiger partial charge in [-0.1, -0.05) is 18.2 Å². The number of aliphatic imine (C=N–C) groups is 1. The second-order valence-electron chi connectivity index (χ2n) is 7.53. The number of hydrogen-bond acceptors (Lipinski definition) is 4. The maximum absolute atomic E-state index is 4.90. The van der Waals surface area contributed by atoms with Gasteiger partial charge in [-0.2, -0.15) is 10.2 Å². The van der Waals surface area contributed by atoms with Crippen LogP contribution in [0.3, 0.4) is 0 Å². The van der Waals surface area contributed by atoms with E-state index in [1.165, 1.54) is 18.3 Å². The minimum Gasteiger partial charge on any atom is -0.357 e. The number of nitrogens with zero attached hydrogens (tertiary/aromatic N) is 6. The quantitative estimate of drug-likeness (QED) is 0.496. The SMILES string of the molecule is CCNC(=NCc1cccc(-c2ncn[nH]2)c1)N1CCC(Cc2cnn(C)c2)C1. The molecule has 8 heteroatoms. The molecule has 152 valence electrons. The molecular formula is C21H28N8. The van der Waals surface area contributed by atoms with Crippen LogP contribution in [0.15, 0.2) is 48.0 Å². The Balaban J connectivity index is 1.41. The molecule has 1 unspecified atom stereocenters. The van der Waals surface area contributed by atoms with Crippen molar-refractivity contribution in [3.63, 3.8) is 0 Å². The highest BCUT2D eigenvalue weighted by Gasteiger charge is 2.25. The van der Waals surface area contributed by atoms with Crippen molar-refractivity contribution in [3.05, 3.63) is 54.1 Å². The Bertz CT molecular complexity index is 943. The van der Waals surface area contributed by atoms with Crippen molar-refractivity contribution in [3.8, 4) is 11.4 Å². The van der Waals surface area contributed by atoms with Crippen LogP contribution >= 0.6 is 0 Å². The van der Waals surface area contributed by atoms with E-state index >= 15 is 0 Å². The fourth-order valence-electron chi connectivity index (χ4n) is 3.86. The van der Waals surface area contributed by atoms with Crippen LogP contribution in [0, 0.1) is 5.92 Å². The Morgan fingerprint density at radius 1 is 1.34 bits per heavy atom. The molecule has 2 N–H and O–H groups in total. The predicted molar refractivity (Wildman–Crippen MR) is 113 cm³/mol. The number of rotatable bonds is 6. The van der Waals surface area contributed by atoms with Crippen molar-refractivity contribution in [1.29, 1.82) is 0 Å². The van der Waals surface area contributed by atoms with Crippen molar-refractivity contribution < 1.29 is 0 Å². The molecule has 0 bridgehead atoms. The molecule has 3 aromatic rings. The van der Waals surface area contributed by atoms with Gasteiger partial charge in [0.05, 0.1) is 12.7 Å². The van der Waals surface area contributed by atoms with E-state index in [1.807, 2.05) is 30.1 Å². The first kappa shape index (κ1) is 19.2. The molecule has 1 atom stereocenters. The van der Waals surface area contributed by atoms with Crippen LogP contribution in [-0.2, 0) is 20.0 Å². The van der Waals surface area contributed by atoms with Gasteiger partial charge in [0, 0.05) is 38.4 Å². The number of benzene rings is 1. The van der Waals surface area contributed by atoms with Gasteiger partial charge in [0.15, 0.2) is 11.8 Å². The minimum atomic E-state index is 0.633. The number of guanidine groups is 1. The molecule has 0 spiro atoms. The van der Waals surface area contributed by atoms with Crippen LogP contribution in [-0.4, -0.2) is 55.5 Å². The fourth-order valence-corrected chi connectivity index (χ4v) is 3.86. The number of aryl methyl sites for hydroxylation is 1. The topological polar surface area (TPSA) is 87.0 Å². The summed E-state index contributed by atoms with van der Waals surface area (Å²) in [7, 11) is 1.97. The third kappa shape index (κ3) is 4.82. The van der Waals surface area contributed by atoms with E-state index < -0.39 is 0 Å². The van der Waals surface area contributed by atoms with Gasteiger partial charge in [0.1, 0.15) is 6.33 Å². The van der Waals surface area contributed by atoms with Crippen LogP contribution in [0.1, 0.15) is 24.5 Å². The molecule has 29 heavy (non-hydrogen) atoms. The van der Waals surface area contributed by atoms with E-state index in [1.54, 1.807) is 0 Å². The third-order valence-corrected chi connectivity index (χ3v) is 5.23. The van der Waals surface area contributed by atoms with Gasteiger partial charge in [0.2, 0.25) is 0 Å². The summed E-state index contributed by atoms with van der Waals surface area (Å²) >= 11 is 0. The molecular weight excluding hydrogens is 364 g/mol. The van der Waals surface area contributed by atoms with E-state index in [0.29, 0.717) is 12.5 Å². The summed E-state index contributed by atoms with van der Waals surface area (Å²) in [5.74, 6) is 2.41. The van der Waals surface area contributed by atoms with Gasteiger partial charge in [-0.15, -0.1) is 0 Å². The second-order valence-corrected chi connectivity index (χ2v) is 7.53. The largest absolute Gasteiger partial charge is 0.357 e. The molecule has 1 fully saturated rings. The van der Waals surface area contributed by atoms with Gasteiger partial charge in [-0.25, -0.2) is 9.98 Å². The molecule has 0 amide bonds. The number of nitrogens with one attached hydrogen (secondary N) is 2. The molecule has 0 radical (unpaired) electrons. The van der Waals surface area contributed by atoms with Crippen molar-refractivity contribution in [2.45, 2.75) is 26.3 Å². The lowest BCUT2D eigenvalue weighted by Crippen LogP contribution is -2.40. The summed E-state index contributed by atoms with van der Waals surface area (Å²) in [4.78, 5) is 11.5. The van der Waals surface area contributed by atoms with Gasteiger partial charge >= 0.3 is 0 Å². The molecule has 1 aromatic carbocycles. The zero-order chi connectivity index (χ0) is 20.1. The first-order chi connectivity index (χ1) is 14.2. The van der Waals surface area contributed by atoms with Gasteiger partial charge in [-0.05, 0) is 42.9 Å². The highest BCUT2D eigenvalue weighted by Crippen LogP contribution is 2.21. The maximum Gasteiger partial charge on any atom is 0.194 e. The number of H-pyrrole nitrogens is 1. The van der Waals surface area contributed by atoms with E-state index in [2.05, 4.69) is 55.8 Å². The standard InChI is InChI=1S/C21H28N8/c1-3-22-21(29-8-7-17(14-29)9-18-12-26-28(2)13-18)23-11-16-5-4-6-19(10-16)20-24-15-25-27-20/h4-6,10,12-13,15,17H,3,7-9,11,14H2,1-2H3,(H,22,23)(H,24,25,27). The second kappa shape index (κ2) is 8.89. The average molecular weight is 393 g/mol. The van der Waals surface area contributed by atoms with E-state index in [0.717, 1.165) is 49.0 Å². The minimum absolute atomic E-state index is 0.633. The number of likely N-dealkylation sites (tertiary alicyclic amines) is 1. The van der Waals surface area contributed by atoms with Crippen LogP contribution in [0.2, 0.25) is 0 Å². The molecule has 0 saturated carbocycles. The summed E-state index contributed by atoms with van der Waals surface area (Å²) in [6, 6.07) is 8.28. The molecule has 1 saturated heterocycles. The fraction of sp³-hybridized carbons (Fsp3) is 0.429. The lowest BCUT2D eigenvalue weighted by Gasteiger charge is -2.21. The van der Waals surface area contributed by atoms with Crippen molar-refractivity contribution in [2.75, 3.05) is 19.6 Å². The summed E-state index contributed by atoms with van der Waals surface area (Å²) in [6.45, 7) is 5.67. The normalized spacial score (nSPS) is 17.1. The maximum atomic E-state index is 4.90. The Morgan fingerprint density at radius 3 is 3.03 bits per heavy atom. The molecule has 2 aromatic heterocycles. The Kier molecular flexibility index (Phi) is 5.88. The molecule has 8 nitrogen and oxygen atoms in total. The molecule has 3 heterocycles. The van der Waals surface area contributed by atoms with Crippen molar-refractivity contribution >= 4 is 5.96 Å². The van der Waals surface area contributed by atoms with E-state index in [4.69, 9.17) is 4.99 Å². The summed E-state index contributed by atoms with van der Waals surface area (Å²) in [5, 5.41) is 14.6. The van der Waals surface area contributed by atoms with Crippen LogP contribution in [0.5, 0.6) is 0 Å². The van der Waals surface area contributed by atoms with Gasteiger partial charge in [-0.3, -0.25) is 9.78 Å². The zero-order valence-corrected chi connectivity index (χ0v) is 17.0. The third-order valence-electron chi connectivity index (χ3n) is 5.23. The van der Waals surface area contributed by atoms with Crippen LogP contribution in [0.25, 0.3) is 11.4 Å². The van der Waals surface area contributed by atoms with E-state index in [-0.39, 0.29) is 0 Å². The predicted octanol–water partition coefficient (Wildman–Crippen LogP) is 2.24. The van der Waals surface area contributed by atoms with E-state index in [9.17, 15) is 0 Å². The van der Waals surface area contributed by atoms with Crippen molar-refractivity contribution in [2.24, 2.45) is 18.0 Å². The Hall–Kier alpha value is -3.16. The first-order valence-electron chi connectivity index (χ1n) is 10.2. The lowest BCUT2D eigenvalue weighted by atomic mass is 10.0. The van der Waals surface area contributed by atoms with Crippen molar-refractivity contribution in [1.82, 2.24) is 35.2 Å². The number of aromatic amines is 1. The number of hydrogen-bond donors (Lipinski definition) is 2. The molecule has 0 aliphatic carbocycles. The monoisotopic (exact) mass is 392 g/mol. The Morgan fingerprint density at radius 2 is 2.28 bits per heavy atom. The van der Waals surface area contributed by atoms with Gasteiger partial charge < -0.3 is 10.2 Å². The average Bonchev–Trinajstić information content (AvgIpc) is 3.48. The van der Waals surface area contributed by atoms with Crippen LogP contribution < -0.4 is 5.32 Å². The lowest BCUT2D eigenvalue weighted by molar-refractivity contribution is 0.460. The highest BCUT2D eigenvalue weighted by atomic mass is 15.3. The Labute approximate surface area is 171 Å². The highest BCUT2D eigenvalue weighted by molar-refractivity contribution is 5.80. The zero-order valence-electron chi connectivity index (χ0n) is 17.0. The molecule has 4 rings (SSSR count). The summed E-state index contributed by atoms with van der Waals surface area (Å²) in [5.41, 5.74) is 3.49. The molecule has 1 aliphatic heterocycles. The van der Waals surface area contributed by atoms with Gasteiger partial charge in [0.25, 0.3) is 0 Å². The summed E-state index contributed by atoms with van der Waals surface area (Å²) < 4.78 is 1.88. The summed E-state index contributed by atoms with van der Waals surface area (Å²) in [6.07, 6.45) is 7.87.